The first-order valence-electron chi connectivity index (χ1n) is 7.42. The van der Waals surface area contributed by atoms with Crippen LogP contribution in [-0.4, -0.2) is 15.0 Å². The fourth-order valence-corrected chi connectivity index (χ4v) is 3.20. The van der Waals surface area contributed by atoms with Crippen LogP contribution in [0.15, 0.2) is 5.38 Å². The zero-order chi connectivity index (χ0) is 15.2. The van der Waals surface area contributed by atoms with Crippen molar-refractivity contribution in [1.82, 2.24) is 15.0 Å². The van der Waals surface area contributed by atoms with Crippen LogP contribution >= 0.6 is 11.3 Å². The molecule has 2 heterocycles. The molecule has 2 aromatic heterocycles. The smallest absolute Gasteiger partial charge is 0.134 e. The highest BCUT2D eigenvalue weighted by atomic mass is 32.1. The van der Waals surface area contributed by atoms with Crippen LogP contribution in [-0.2, 0) is 11.8 Å². The molecule has 0 radical (unpaired) electrons. The Morgan fingerprint density at radius 1 is 1.24 bits per heavy atom. The second-order valence-electron chi connectivity index (χ2n) is 6.87. The number of thiazole rings is 1. The predicted octanol–water partition coefficient (Wildman–Crippen LogP) is 3.59. The molecular formula is C16H22N4S. The molecule has 21 heavy (non-hydrogen) atoms. The van der Waals surface area contributed by atoms with E-state index in [9.17, 15) is 0 Å². The monoisotopic (exact) mass is 302 g/mol. The number of rotatable bonds is 3. The van der Waals surface area contributed by atoms with Crippen LogP contribution in [0.2, 0.25) is 0 Å². The summed E-state index contributed by atoms with van der Waals surface area (Å²) in [4.78, 5) is 13.9. The standard InChI is InChI=1S/C16H22N4S/c1-9-11(18-15(10-5-6-10)20-14(9)17)7-13-19-12(8-21-13)16(2,3)4/h8,10H,5-7H2,1-4H3,(H2,17,18,20). The van der Waals surface area contributed by atoms with Crippen LogP contribution in [0.1, 0.15) is 67.3 Å². The van der Waals surface area contributed by atoms with E-state index in [2.05, 4.69) is 31.1 Å². The van der Waals surface area contributed by atoms with Crippen molar-refractivity contribution in [3.8, 4) is 0 Å². The number of nitrogen functional groups attached to an aromatic ring is 1. The first-order valence-corrected chi connectivity index (χ1v) is 8.30. The fraction of sp³-hybridized carbons (Fsp3) is 0.562. The van der Waals surface area contributed by atoms with E-state index in [1.807, 2.05) is 6.92 Å². The second-order valence-corrected chi connectivity index (χ2v) is 7.81. The first-order chi connectivity index (χ1) is 9.84. The van der Waals surface area contributed by atoms with E-state index in [0.29, 0.717) is 11.7 Å². The van der Waals surface area contributed by atoms with Crippen molar-refractivity contribution in [1.29, 1.82) is 0 Å². The van der Waals surface area contributed by atoms with Crippen LogP contribution < -0.4 is 5.73 Å². The van der Waals surface area contributed by atoms with Crippen LogP contribution in [0.4, 0.5) is 5.82 Å². The van der Waals surface area contributed by atoms with Crippen molar-refractivity contribution in [2.75, 3.05) is 5.73 Å². The van der Waals surface area contributed by atoms with Gasteiger partial charge in [0.15, 0.2) is 0 Å². The molecule has 0 atom stereocenters. The Hall–Kier alpha value is -1.49. The lowest BCUT2D eigenvalue weighted by Gasteiger charge is -2.14. The third-order valence-corrected chi connectivity index (χ3v) is 4.73. The third-order valence-electron chi connectivity index (χ3n) is 3.88. The molecule has 0 aliphatic heterocycles. The lowest BCUT2D eigenvalue weighted by Crippen LogP contribution is -2.12. The minimum atomic E-state index is 0.0909. The molecule has 0 bridgehead atoms. The van der Waals surface area contributed by atoms with Crippen molar-refractivity contribution >= 4 is 17.2 Å². The molecule has 0 amide bonds. The Labute approximate surface area is 129 Å². The van der Waals surface area contributed by atoms with E-state index in [1.165, 1.54) is 12.8 Å². The van der Waals surface area contributed by atoms with Gasteiger partial charge in [-0.15, -0.1) is 11.3 Å². The van der Waals surface area contributed by atoms with E-state index < -0.39 is 0 Å². The summed E-state index contributed by atoms with van der Waals surface area (Å²) in [5.74, 6) is 2.06. The summed E-state index contributed by atoms with van der Waals surface area (Å²) in [6, 6.07) is 0. The zero-order valence-corrected chi connectivity index (χ0v) is 13.9. The average Bonchev–Trinajstić information content (AvgIpc) is 3.13. The number of hydrogen-bond acceptors (Lipinski definition) is 5. The summed E-state index contributed by atoms with van der Waals surface area (Å²) in [5.41, 5.74) is 9.30. The highest BCUT2D eigenvalue weighted by Gasteiger charge is 2.28. The van der Waals surface area contributed by atoms with Crippen molar-refractivity contribution < 1.29 is 0 Å². The summed E-state index contributed by atoms with van der Waals surface area (Å²) in [5, 5.41) is 3.25. The minimum Gasteiger partial charge on any atom is -0.383 e. The Bertz CT molecular complexity index is 665. The van der Waals surface area contributed by atoms with Gasteiger partial charge in [0.25, 0.3) is 0 Å². The molecule has 0 saturated heterocycles. The highest BCUT2D eigenvalue weighted by Crippen LogP contribution is 2.39. The maximum atomic E-state index is 6.05. The molecule has 0 aromatic carbocycles. The number of aromatic nitrogens is 3. The Morgan fingerprint density at radius 2 is 1.95 bits per heavy atom. The molecule has 1 aliphatic carbocycles. The second kappa shape index (κ2) is 5.05. The van der Waals surface area contributed by atoms with E-state index in [1.54, 1.807) is 11.3 Å². The van der Waals surface area contributed by atoms with Crippen LogP contribution in [0.3, 0.4) is 0 Å². The van der Waals surface area contributed by atoms with Gasteiger partial charge in [-0.1, -0.05) is 20.8 Å². The quantitative estimate of drug-likeness (QED) is 0.941. The molecule has 3 rings (SSSR count). The Morgan fingerprint density at radius 3 is 2.52 bits per heavy atom. The maximum absolute atomic E-state index is 6.05. The molecule has 2 aromatic rings. The van der Waals surface area contributed by atoms with Gasteiger partial charge >= 0.3 is 0 Å². The summed E-state index contributed by atoms with van der Waals surface area (Å²) in [6.07, 6.45) is 3.12. The van der Waals surface area contributed by atoms with Gasteiger partial charge in [-0.2, -0.15) is 0 Å². The van der Waals surface area contributed by atoms with Gasteiger partial charge in [0.1, 0.15) is 11.6 Å². The van der Waals surface area contributed by atoms with Gasteiger partial charge in [-0.3, -0.25) is 0 Å². The maximum Gasteiger partial charge on any atom is 0.134 e. The Balaban J connectivity index is 1.89. The predicted molar refractivity (Wildman–Crippen MR) is 86.8 cm³/mol. The molecule has 0 unspecified atom stereocenters. The normalized spacial score (nSPS) is 15.4. The zero-order valence-electron chi connectivity index (χ0n) is 13.1. The van der Waals surface area contributed by atoms with Gasteiger partial charge in [0.2, 0.25) is 0 Å². The minimum absolute atomic E-state index is 0.0909. The molecule has 2 N–H and O–H groups in total. The van der Waals surface area contributed by atoms with Crippen LogP contribution in [0, 0.1) is 6.92 Å². The third kappa shape index (κ3) is 3.07. The van der Waals surface area contributed by atoms with Crippen molar-refractivity contribution in [2.24, 2.45) is 0 Å². The van der Waals surface area contributed by atoms with Gasteiger partial charge in [-0.05, 0) is 19.8 Å². The van der Waals surface area contributed by atoms with Crippen LogP contribution in [0.5, 0.6) is 0 Å². The summed E-state index contributed by atoms with van der Waals surface area (Å²) < 4.78 is 0. The number of hydrogen-bond donors (Lipinski definition) is 1. The average molecular weight is 302 g/mol. The molecule has 4 nitrogen and oxygen atoms in total. The van der Waals surface area contributed by atoms with Gasteiger partial charge < -0.3 is 5.73 Å². The molecule has 112 valence electrons. The lowest BCUT2D eigenvalue weighted by molar-refractivity contribution is 0.571. The van der Waals surface area contributed by atoms with Gasteiger partial charge in [0, 0.05) is 28.7 Å². The Kier molecular flexibility index (Phi) is 3.48. The number of nitrogens with zero attached hydrogens (tertiary/aromatic N) is 3. The number of anilines is 1. The summed E-state index contributed by atoms with van der Waals surface area (Å²) >= 11 is 1.70. The van der Waals surface area contributed by atoms with Crippen molar-refractivity contribution in [3.05, 3.63) is 33.2 Å². The molecule has 1 aliphatic rings. The van der Waals surface area contributed by atoms with Gasteiger partial charge in [0.05, 0.1) is 16.4 Å². The topological polar surface area (TPSA) is 64.7 Å². The molecule has 1 fully saturated rings. The summed E-state index contributed by atoms with van der Waals surface area (Å²) in [7, 11) is 0. The lowest BCUT2D eigenvalue weighted by atomic mass is 9.93. The first kappa shape index (κ1) is 14.4. The molecular weight excluding hydrogens is 280 g/mol. The largest absolute Gasteiger partial charge is 0.383 e. The van der Waals surface area contributed by atoms with E-state index in [0.717, 1.165) is 34.2 Å². The van der Waals surface area contributed by atoms with E-state index >= 15 is 0 Å². The molecule has 1 saturated carbocycles. The molecule has 5 heteroatoms. The van der Waals surface area contributed by atoms with Crippen molar-refractivity contribution in [3.63, 3.8) is 0 Å². The van der Waals surface area contributed by atoms with Crippen LogP contribution in [0.25, 0.3) is 0 Å². The molecule has 0 spiro atoms. The summed E-state index contributed by atoms with van der Waals surface area (Å²) in [6.45, 7) is 8.56. The van der Waals surface area contributed by atoms with E-state index in [4.69, 9.17) is 15.7 Å². The number of nitrogens with two attached hydrogens (primary N) is 1. The highest BCUT2D eigenvalue weighted by molar-refractivity contribution is 7.09. The van der Waals surface area contributed by atoms with Gasteiger partial charge in [-0.25, -0.2) is 15.0 Å². The SMILES string of the molecule is Cc1c(N)nc(C2CC2)nc1Cc1nc(C(C)(C)C)cs1. The fourth-order valence-electron chi connectivity index (χ4n) is 2.18. The van der Waals surface area contributed by atoms with E-state index in [-0.39, 0.29) is 5.41 Å². The van der Waals surface area contributed by atoms with Crippen molar-refractivity contribution in [2.45, 2.75) is 58.3 Å².